The quantitative estimate of drug-likeness (QED) is 0.569. The Morgan fingerprint density at radius 1 is 0.708 bits per heavy atom. The van der Waals surface area contributed by atoms with Crippen molar-refractivity contribution in [1.29, 1.82) is 0 Å². The topological polar surface area (TPSA) is 18.5 Å². The molecular formula is C21H19ClO2. The molecule has 3 rings (SSSR count). The predicted octanol–water partition coefficient (Wildman–Crippen LogP) is 5.54. The maximum absolute atomic E-state index is 6.35. The molecule has 3 aromatic rings. The average molecular weight is 339 g/mol. The summed E-state index contributed by atoms with van der Waals surface area (Å²) in [6.07, 6.45) is 0. The van der Waals surface area contributed by atoms with E-state index in [9.17, 15) is 0 Å². The Labute approximate surface area is 147 Å². The van der Waals surface area contributed by atoms with Crippen molar-refractivity contribution in [2.24, 2.45) is 0 Å². The van der Waals surface area contributed by atoms with Crippen molar-refractivity contribution in [3.63, 3.8) is 0 Å². The lowest BCUT2D eigenvalue weighted by atomic mass is 9.85. The zero-order chi connectivity index (χ0) is 16.9. The van der Waals surface area contributed by atoms with Gasteiger partial charge in [0.15, 0.2) is 0 Å². The summed E-state index contributed by atoms with van der Waals surface area (Å²) in [7, 11) is 3.30. The van der Waals surface area contributed by atoms with Crippen LogP contribution < -0.4 is 9.47 Å². The lowest BCUT2D eigenvalue weighted by Crippen LogP contribution is -2.03. The van der Waals surface area contributed by atoms with Crippen LogP contribution in [0.1, 0.15) is 22.6 Å². The van der Waals surface area contributed by atoms with E-state index in [0.29, 0.717) is 10.8 Å². The first-order valence-corrected chi connectivity index (χ1v) is 8.13. The second kappa shape index (κ2) is 7.41. The standard InChI is InChI=1S/C21H19ClO2/c1-23-18-11-8-16(9-12-18)21(15-6-4-3-5-7-15)17-10-13-20(24-2)19(22)14-17/h3-14,21H,1-2H3. The zero-order valence-corrected chi connectivity index (χ0v) is 14.5. The van der Waals surface area contributed by atoms with Gasteiger partial charge in [-0.1, -0.05) is 60.1 Å². The molecule has 24 heavy (non-hydrogen) atoms. The summed E-state index contributed by atoms with van der Waals surface area (Å²) >= 11 is 6.35. The molecule has 0 radical (unpaired) electrons. The molecule has 0 amide bonds. The zero-order valence-electron chi connectivity index (χ0n) is 13.7. The summed E-state index contributed by atoms with van der Waals surface area (Å²) in [6, 6.07) is 24.5. The van der Waals surface area contributed by atoms with Gasteiger partial charge in [0.05, 0.1) is 19.2 Å². The van der Waals surface area contributed by atoms with Gasteiger partial charge < -0.3 is 9.47 Å². The van der Waals surface area contributed by atoms with Crippen molar-refractivity contribution >= 4 is 11.6 Å². The van der Waals surface area contributed by atoms with E-state index in [-0.39, 0.29) is 5.92 Å². The van der Waals surface area contributed by atoms with E-state index in [0.717, 1.165) is 11.3 Å². The van der Waals surface area contributed by atoms with Crippen molar-refractivity contribution in [3.05, 3.63) is 94.5 Å². The third-order valence-electron chi connectivity index (χ3n) is 4.09. The second-order valence-electron chi connectivity index (χ2n) is 5.51. The second-order valence-corrected chi connectivity index (χ2v) is 5.92. The fraction of sp³-hybridized carbons (Fsp3) is 0.143. The van der Waals surface area contributed by atoms with Crippen LogP contribution in [0.15, 0.2) is 72.8 Å². The van der Waals surface area contributed by atoms with Crippen molar-refractivity contribution in [1.82, 2.24) is 0 Å². The van der Waals surface area contributed by atoms with Gasteiger partial charge in [0.1, 0.15) is 11.5 Å². The van der Waals surface area contributed by atoms with E-state index in [1.54, 1.807) is 14.2 Å². The minimum atomic E-state index is 0.0977. The molecule has 0 aromatic heterocycles. The first-order valence-electron chi connectivity index (χ1n) is 7.75. The molecule has 0 heterocycles. The number of methoxy groups -OCH3 is 2. The van der Waals surface area contributed by atoms with Crippen molar-refractivity contribution in [2.45, 2.75) is 5.92 Å². The minimum Gasteiger partial charge on any atom is -0.497 e. The van der Waals surface area contributed by atoms with Gasteiger partial charge in [-0.25, -0.2) is 0 Å². The molecule has 0 fully saturated rings. The van der Waals surface area contributed by atoms with Crippen LogP contribution in [0.5, 0.6) is 11.5 Å². The third-order valence-corrected chi connectivity index (χ3v) is 4.39. The van der Waals surface area contributed by atoms with Gasteiger partial charge in [-0.15, -0.1) is 0 Å². The molecule has 0 aliphatic heterocycles. The fourth-order valence-electron chi connectivity index (χ4n) is 2.88. The monoisotopic (exact) mass is 338 g/mol. The van der Waals surface area contributed by atoms with Gasteiger partial charge in [0.2, 0.25) is 0 Å². The first-order chi connectivity index (χ1) is 11.7. The Balaban J connectivity index is 2.09. The van der Waals surface area contributed by atoms with E-state index < -0.39 is 0 Å². The molecule has 3 heteroatoms. The largest absolute Gasteiger partial charge is 0.497 e. The summed E-state index contributed by atoms with van der Waals surface area (Å²) in [6.45, 7) is 0. The molecule has 1 unspecified atom stereocenters. The molecule has 0 bridgehead atoms. The lowest BCUT2D eigenvalue weighted by molar-refractivity contribution is 0.414. The van der Waals surface area contributed by atoms with Gasteiger partial charge >= 0.3 is 0 Å². The van der Waals surface area contributed by atoms with Crippen LogP contribution in [-0.2, 0) is 0 Å². The van der Waals surface area contributed by atoms with Crippen LogP contribution in [0.3, 0.4) is 0 Å². The van der Waals surface area contributed by atoms with E-state index >= 15 is 0 Å². The highest BCUT2D eigenvalue weighted by molar-refractivity contribution is 6.32. The number of halogens is 1. The molecule has 0 N–H and O–H groups in total. The van der Waals surface area contributed by atoms with Gasteiger partial charge in [0, 0.05) is 5.92 Å². The van der Waals surface area contributed by atoms with Crippen molar-refractivity contribution in [2.75, 3.05) is 14.2 Å². The van der Waals surface area contributed by atoms with Crippen LogP contribution in [0, 0.1) is 0 Å². The molecule has 0 aliphatic carbocycles. The Bertz CT molecular complexity index is 798. The molecule has 3 aromatic carbocycles. The van der Waals surface area contributed by atoms with Crippen molar-refractivity contribution in [3.8, 4) is 11.5 Å². The molecule has 2 nitrogen and oxygen atoms in total. The molecule has 122 valence electrons. The van der Waals surface area contributed by atoms with E-state index in [1.165, 1.54) is 11.1 Å². The van der Waals surface area contributed by atoms with Crippen LogP contribution in [0.4, 0.5) is 0 Å². The van der Waals surface area contributed by atoms with Crippen LogP contribution in [-0.4, -0.2) is 14.2 Å². The molecular weight excluding hydrogens is 320 g/mol. The molecule has 0 spiro atoms. The summed E-state index contributed by atoms with van der Waals surface area (Å²) < 4.78 is 10.5. The Hall–Kier alpha value is -2.45. The normalized spacial score (nSPS) is 11.8. The highest BCUT2D eigenvalue weighted by atomic mass is 35.5. The number of rotatable bonds is 5. The van der Waals surface area contributed by atoms with Crippen LogP contribution in [0.25, 0.3) is 0 Å². The summed E-state index contributed by atoms with van der Waals surface area (Å²) in [4.78, 5) is 0. The molecule has 0 saturated heterocycles. The molecule has 0 aliphatic rings. The lowest BCUT2D eigenvalue weighted by Gasteiger charge is -2.20. The van der Waals surface area contributed by atoms with E-state index in [1.807, 2.05) is 30.3 Å². The van der Waals surface area contributed by atoms with Gasteiger partial charge in [-0.05, 0) is 41.0 Å². The Morgan fingerprint density at radius 3 is 1.92 bits per heavy atom. The smallest absolute Gasteiger partial charge is 0.137 e. The molecule has 0 saturated carbocycles. The highest BCUT2D eigenvalue weighted by Gasteiger charge is 2.18. The van der Waals surface area contributed by atoms with E-state index in [4.69, 9.17) is 21.1 Å². The summed E-state index contributed by atoms with van der Waals surface area (Å²) in [5.41, 5.74) is 3.52. The maximum Gasteiger partial charge on any atom is 0.137 e. The van der Waals surface area contributed by atoms with E-state index in [2.05, 4.69) is 42.5 Å². The van der Waals surface area contributed by atoms with Gasteiger partial charge in [0.25, 0.3) is 0 Å². The summed E-state index contributed by atoms with van der Waals surface area (Å²) in [5.74, 6) is 1.63. The molecule has 1 atom stereocenters. The highest BCUT2D eigenvalue weighted by Crippen LogP contribution is 2.36. The first kappa shape index (κ1) is 16.4. The Morgan fingerprint density at radius 2 is 1.33 bits per heavy atom. The van der Waals surface area contributed by atoms with Crippen molar-refractivity contribution < 1.29 is 9.47 Å². The van der Waals surface area contributed by atoms with Gasteiger partial charge in [-0.2, -0.15) is 0 Å². The van der Waals surface area contributed by atoms with Gasteiger partial charge in [-0.3, -0.25) is 0 Å². The number of benzene rings is 3. The summed E-state index contributed by atoms with van der Waals surface area (Å²) in [5, 5.41) is 0.615. The number of ether oxygens (including phenoxy) is 2. The Kier molecular flexibility index (Phi) is 5.07. The van der Waals surface area contributed by atoms with Crippen LogP contribution in [0.2, 0.25) is 5.02 Å². The third kappa shape index (κ3) is 3.39. The number of hydrogen-bond donors (Lipinski definition) is 0. The average Bonchev–Trinajstić information content (AvgIpc) is 2.64. The fourth-order valence-corrected chi connectivity index (χ4v) is 3.15. The van der Waals surface area contributed by atoms with Crippen LogP contribution >= 0.6 is 11.6 Å². The predicted molar refractivity (Wildman–Crippen MR) is 98.4 cm³/mol. The number of hydrogen-bond acceptors (Lipinski definition) is 2. The SMILES string of the molecule is COc1ccc(C(c2ccccc2)c2ccc(OC)c(Cl)c2)cc1. The minimum absolute atomic E-state index is 0.0977. The maximum atomic E-state index is 6.35.